The highest BCUT2D eigenvalue weighted by atomic mass is 35.5. The zero-order chi connectivity index (χ0) is 31.1. The molecule has 3 unspecified atom stereocenters. The number of nitrogens with one attached hydrogen (secondary N) is 2. The first-order valence-electron chi connectivity index (χ1n) is 14.1. The van der Waals surface area contributed by atoms with Crippen LogP contribution in [-0.4, -0.2) is 52.2 Å². The van der Waals surface area contributed by atoms with Crippen LogP contribution >= 0.6 is 11.6 Å². The summed E-state index contributed by atoms with van der Waals surface area (Å²) in [7, 11) is 0. The van der Waals surface area contributed by atoms with Gasteiger partial charge in [-0.2, -0.15) is 0 Å². The third-order valence-corrected chi connectivity index (χ3v) is 7.09. The molecule has 3 N–H and O–H groups in total. The summed E-state index contributed by atoms with van der Waals surface area (Å²) in [6.45, 7) is 16.2. The molecule has 0 fully saturated rings. The van der Waals surface area contributed by atoms with Gasteiger partial charge in [-0.1, -0.05) is 61.3 Å². The average molecular weight is 588 g/mol. The number of anilines is 1. The number of rotatable bonds is 11. The van der Waals surface area contributed by atoms with Crippen molar-refractivity contribution in [3.05, 3.63) is 63.7 Å². The highest BCUT2D eigenvalue weighted by Gasteiger charge is 2.39. The lowest BCUT2D eigenvalue weighted by Crippen LogP contribution is -2.56. The van der Waals surface area contributed by atoms with E-state index >= 15 is 0 Å². The maximum absolute atomic E-state index is 14.2. The second kappa shape index (κ2) is 14.7. The fourth-order valence-corrected chi connectivity index (χ4v) is 4.93. The fraction of sp³-hybridized carbons (Fsp3) is 0.531. The Kier molecular flexibility index (Phi) is 12.2. The van der Waals surface area contributed by atoms with E-state index in [0.29, 0.717) is 28.6 Å². The summed E-state index contributed by atoms with van der Waals surface area (Å²) in [5.41, 5.74) is 2.91. The van der Waals surface area contributed by atoms with E-state index in [0.717, 1.165) is 23.1 Å². The lowest BCUT2D eigenvalue weighted by atomic mass is 9.93. The van der Waals surface area contributed by atoms with Crippen molar-refractivity contribution in [1.29, 1.82) is 0 Å². The number of benzene rings is 2. The van der Waals surface area contributed by atoms with Crippen molar-refractivity contribution in [3.63, 3.8) is 0 Å². The van der Waals surface area contributed by atoms with Crippen LogP contribution in [0.3, 0.4) is 0 Å². The molecule has 9 heteroatoms. The topological polar surface area (TPSA) is 108 Å². The molecule has 0 aromatic heterocycles. The summed E-state index contributed by atoms with van der Waals surface area (Å²) in [6, 6.07) is 8.22. The minimum Gasteiger partial charge on any atom is -0.444 e. The highest BCUT2D eigenvalue weighted by molar-refractivity contribution is 6.34. The summed E-state index contributed by atoms with van der Waals surface area (Å²) in [5, 5.41) is 16.1. The Bertz CT molecular complexity index is 1200. The van der Waals surface area contributed by atoms with Crippen LogP contribution in [0.5, 0.6) is 0 Å². The van der Waals surface area contributed by atoms with E-state index in [1.54, 1.807) is 32.9 Å². The molecule has 2 rings (SSSR count). The predicted octanol–water partition coefficient (Wildman–Crippen LogP) is 6.48. The first kappa shape index (κ1) is 34.1. The quantitative estimate of drug-likeness (QED) is 0.279. The first-order chi connectivity index (χ1) is 19.0. The second-order valence-electron chi connectivity index (χ2n) is 12.1. The Hall–Kier alpha value is -3.10. The Morgan fingerprint density at radius 1 is 1.00 bits per heavy atom. The number of nitrogens with zero attached hydrogens (tertiary/aromatic N) is 1. The largest absolute Gasteiger partial charge is 0.444 e. The molecule has 0 aliphatic heterocycles. The molecular formula is C32H46ClN3O5. The number of carbonyl (C=O) groups is 3. The van der Waals surface area contributed by atoms with Crippen LogP contribution in [-0.2, 0) is 14.3 Å². The maximum atomic E-state index is 14.2. The van der Waals surface area contributed by atoms with Crippen molar-refractivity contribution in [2.45, 2.75) is 98.9 Å². The summed E-state index contributed by atoms with van der Waals surface area (Å²) in [5.74, 6) is -0.681. The molecule has 3 atom stereocenters. The molecule has 41 heavy (non-hydrogen) atoms. The molecule has 3 amide bonds. The van der Waals surface area contributed by atoms with Gasteiger partial charge in [-0.05, 0) is 90.0 Å². The molecule has 0 aliphatic rings. The molecule has 0 saturated heterocycles. The fourth-order valence-electron chi connectivity index (χ4n) is 4.66. The Balaban J connectivity index is 2.66. The molecule has 2 aromatic carbocycles. The number of amides is 3. The van der Waals surface area contributed by atoms with Gasteiger partial charge in [0.15, 0.2) is 0 Å². The summed E-state index contributed by atoms with van der Waals surface area (Å²) < 4.78 is 5.34. The molecule has 0 saturated carbocycles. The van der Waals surface area contributed by atoms with E-state index in [1.807, 2.05) is 52.0 Å². The summed E-state index contributed by atoms with van der Waals surface area (Å²) >= 11 is 6.46. The minimum absolute atomic E-state index is 0.363. The van der Waals surface area contributed by atoms with E-state index in [2.05, 4.69) is 24.5 Å². The summed E-state index contributed by atoms with van der Waals surface area (Å²) in [6.07, 6.45) is 0.575. The number of halogens is 1. The van der Waals surface area contributed by atoms with Crippen molar-refractivity contribution in [2.24, 2.45) is 5.92 Å². The SMILES string of the molecule is Cc1ccc(C(C(=O)Nc2c(C)cccc2Cl)N(C(=O)C(CO)NC(=O)OC(C)(C)C)C(C)CCC(C)C)c(C)c1. The lowest BCUT2D eigenvalue weighted by molar-refractivity contribution is -0.144. The maximum Gasteiger partial charge on any atom is 0.408 e. The minimum atomic E-state index is -1.32. The van der Waals surface area contributed by atoms with Crippen LogP contribution in [0.1, 0.15) is 82.7 Å². The van der Waals surface area contributed by atoms with Gasteiger partial charge in [0.25, 0.3) is 5.91 Å². The zero-order valence-electron chi connectivity index (χ0n) is 25.8. The van der Waals surface area contributed by atoms with E-state index in [1.165, 1.54) is 4.90 Å². The number of ether oxygens (including phenoxy) is 1. The second-order valence-corrected chi connectivity index (χ2v) is 12.5. The molecule has 226 valence electrons. The van der Waals surface area contributed by atoms with Gasteiger partial charge >= 0.3 is 6.09 Å². The Morgan fingerprint density at radius 3 is 2.20 bits per heavy atom. The number of aryl methyl sites for hydroxylation is 3. The van der Waals surface area contributed by atoms with E-state index in [9.17, 15) is 19.5 Å². The van der Waals surface area contributed by atoms with Crippen molar-refractivity contribution in [1.82, 2.24) is 10.2 Å². The van der Waals surface area contributed by atoms with Gasteiger partial charge in [0.05, 0.1) is 17.3 Å². The standard InChI is InChI=1S/C32H46ClN3O5/c1-19(2)13-15-23(6)36(30(39)26(18-37)34-31(40)41-32(7,8)9)28(24-16-14-20(3)17-22(24)5)29(38)35-27-21(4)11-10-12-25(27)33/h10-12,14,16-17,19,23,26,28,37H,13,15,18H2,1-9H3,(H,34,40)(H,35,38). The predicted molar refractivity (Wildman–Crippen MR) is 164 cm³/mol. The molecule has 0 aliphatic carbocycles. The van der Waals surface area contributed by atoms with Gasteiger partial charge < -0.3 is 25.4 Å². The van der Waals surface area contributed by atoms with E-state index in [-0.39, 0.29) is 0 Å². The van der Waals surface area contributed by atoms with Crippen LogP contribution in [0.25, 0.3) is 0 Å². The molecule has 2 aromatic rings. The van der Waals surface area contributed by atoms with Gasteiger partial charge in [-0.25, -0.2) is 4.79 Å². The van der Waals surface area contributed by atoms with Crippen LogP contribution in [0.4, 0.5) is 10.5 Å². The van der Waals surface area contributed by atoms with Crippen LogP contribution in [0, 0.1) is 26.7 Å². The lowest BCUT2D eigenvalue weighted by Gasteiger charge is -2.39. The monoisotopic (exact) mass is 587 g/mol. The Labute approximate surface area is 249 Å². The smallest absolute Gasteiger partial charge is 0.408 e. The molecular weight excluding hydrogens is 542 g/mol. The van der Waals surface area contributed by atoms with Crippen molar-refractivity contribution < 1.29 is 24.2 Å². The zero-order valence-corrected chi connectivity index (χ0v) is 26.6. The van der Waals surface area contributed by atoms with Gasteiger partial charge in [-0.3, -0.25) is 9.59 Å². The number of para-hydroxylation sites is 1. The van der Waals surface area contributed by atoms with Gasteiger partial charge in [-0.15, -0.1) is 0 Å². The van der Waals surface area contributed by atoms with Gasteiger partial charge in [0, 0.05) is 6.04 Å². The van der Waals surface area contributed by atoms with Gasteiger partial charge in [0.2, 0.25) is 5.91 Å². The third kappa shape index (κ3) is 9.75. The molecule has 0 heterocycles. The number of alkyl carbamates (subject to hydrolysis) is 1. The van der Waals surface area contributed by atoms with Crippen molar-refractivity contribution >= 4 is 35.2 Å². The van der Waals surface area contributed by atoms with Crippen molar-refractivity contribution in [3.8, 4) is 0 Å². The number of hydrogen-bond donors (Lipinski definition) is 3. The molecule has 8 nitrogen and oxygen atoms in total. The number of aliphatic hydroxyl groups is 1. The number of carbonyl (C=O) groups excluding carboxylic acids is 3. The van der Waals surface area contributed by atoms with Gasteiger partial charge in [0.1, 0.15) is 17.7 Å². The van der Waals surface area contributed by atoms with Crippen molar-refractivity contribution in [2.75, 3.05) is 11.9 Å². The summed E-state index contributed by atoms with van der Waals surface area (Å²) in [4.78, 5) is 42.6. The number of hydrogen-bond acceptors (Lipinski definition) is 5. The van der Waals surface area contributed by atoms with E-state index in [4.69, 9.17) is 16.3 Å². The Morgan fingerprint density at radius 2 is 1.66 bits per heavy atom. The highest BCUT2D eigenvalue weighted by Crippen LogP contribution is 2.33. The molecule has 0 bridgehead atoms. The first-order valence-corrected chi connectivity index (χ1v) is 14.5. The number of aliphatic hydroxyl groups excluding tert-OH is 1. The van der Waals surface area contributed by atoms with Crippen LogP contribution in [0.2, 0.25) is 5.02 Å². The van der Waals surface area contributed by atoms with Crippen LogP contribution in [0.15, 0.2) is 36.4 Å². The van der Waals surface area contributed by atoms with E-state index < -0.39 is 48.2 Å². The molecule has 0 radical (unpaired) electrons. The average Bonchev–Trinajstić information content (AvgIpc) is 2.85. The third-order valence-electron chi connectivity index (χ3n) is 6.78. The normalized spacial score (nSPS) is 13.8. The molecule has 0 spiro atoms. The van der Waals surface area contributed by atoms with Crippen LogP contribution < -0.4 is 10.6 Å².